The average Bonchev–Trinajstić information content (AvgIpc) is 3.23. The first-order valence-corrected chi connectivity index (χ1v) is 15.5. The molecule has 0 bridgehead atoms. The summed E-state index contributed by atoms with van der Waals surface area (Å²) in [5.41, 5.74) is 2.41. The topological polar surface area (TPSA) is 69.9 Å². The van der Waals surface area contributed by atoms with Crippen LogP contribution in [-0.2, 0) is 16.1 Å². The van der Waals surface area contributed by atoms with Gasteiger partial charge in [0.1, 0.15) is 18.2 Å². The molecule has 1 aliphatic heterocycles. The number of allylic oxidation sites excluding steroid dienone is 1. The zero-order valence-corrected chi connectivity index (χ0v) is 27.1. The van der Waals surface area contributed by atoms with Gasteiger partial charge in [0.2, 0.25) is 0 Å². The second kappa shape index (κ2) is 12.6. The molecule has 41 heavy (non-hydrogen) atoms. The van der Waals surface area contributed by atoms with Crippen LogP contribution in [0.15, 0.2) is 86.2 Å². The molecule has 0 aliphatic carbocycles. The lowest BCUT2D eigenvalue weighted by molar-refractivity contribution is -0.139. The molecule has 0 saturated heterocycles. The summed E-state index contributed by atoms with van der Waals surface area (Å²) in [5.74, 6) is -0.402. The number of carbonyl (C=O) groups excluding carboxylic acids is 1. The summed E-state index contributed by atoms with van der Waals surface area (Å²) >= 11 is 13.3. The Morgan fingerprint density at radius 2 is 1.95 bits per heavy atom. The standard InChI is InChI=1S/C30H22BrClFIN2O4S/c1-3-39-29(38)25-16(2)35-30-36(26(25)17-8-10-21(33)11-9-17)28(37)24(41-30)13-19-12-20(31)14-23(34)27(19)40-15-18-6-4-5-7-22(18)32/h4-14,26H,3,15H2,1-2H3/b24-13-/t26-/m0/s1. The van der Waals surface area contributed by atoms with Crippen LogP contribution in [0.2, 0.25) is 5.02 Å². The first-order valence-electron chi connectivity index (χ1n) is 12.5. The Morgan fingerprint density at radius 3 is 2.66 bits per heavy atom. The van der Waals surface area contributed by atoms with E-state index in [1.807, 2.05) is 30.3 Å². The van der Waals surface area contributed by atoms with Gasteiger partial charge in [0, 0.05) is 20.6 Å². The van der Waals surface area contributed by atoms with E-state index in [9.17, 15) is 14.0 Å². The largest absolute Gasteiger partial charge is 0.487 e. The zero-order valence-electron chi connectivity index (χ0n) is 21.8. The molecule has 6 nitrogen and oxygen atoms in total. The summed E-state index contributed by atoms with van der Waals surface area (Å²) in [5, 5.41) is 0.600. The van der Waals surface area contributed by atoms with Gasteiger partial charge in [0.25, 0.3) is 5.56 Å². The van der Waals surface area contributed by atoms with Crippen LogP contribution in [0.3, 0.4) is 0 Å². The number of nitrogens with zero attached hydrogens (tertiary/aromatic N) is 2. The van der Waals surface area contributed by atoms with Crippen molar-refractivity contribution in [3.63, 3.8) is 0 Å². The molecule has 1 atom stereocenters. The molecule has 0 N–H and O–H groups in total. The van der Waals surface area contributed by atoms with E-state index in [4.69, 9.17) is 21.1 Å². The molecule has 2 heterocycles. The minimum atomic E-state index is -0.827. The maximum atomic E-state index is 14.0. The lowest BCUT2D eigenvalue weighted by Gasteiger charge is -2.24. The quantitative estimate of drug-likeness (QED) is 0.158. The number of thiazole rings is 1. The third kappa shape index (κ3) is 6.20. The summed E-state index contributed by atoms with van der Waals surface area (Å²) in [7, 11) is 0. The molecule has 0 amide bonds. The fourth-order valence-electron chi connectivity index (χ4n) is 4.50. The molecule has 5 rings (SSSR count). The molecular weight excluding hydrogens is 746 g/mol. The molecule has 1 aliphatic rings. The van der Waals surface area contributed by atoms with Gasteiger partial charge in [-0.15, -0.1) is 0 Å². The van der Waals surface area contributed by atoms with E-state index in [0.717, 1.165) is 13.6 Å². The second-order valence-corrected chi connectivity index (χ2v) is 12.5. The fourth-order valence-corrected chi connectivity index (χ4v) is 7.43. The van der Waals surface area contributed by atoms with Crippen molar-refractivity contribution >= 4 is 73.5 Å². The summed E-state index contributed by atoms with van der Waals surface area (Å²) in [4.78, 5) is 32.0. The van der Waals surface area contributed by atoms with Gasteiger partial charge in [0.15, 0.2) is 4.80 Å². The van der Waals surface area contributed by atoms with Gasteiger partial charge in [-0.25, -0.2) is 14.2 Å². The highest BCUT2D eigenvalue weighted by atomic mass is 127. The molecule has 0 unspecified atom stereocenters. The molecule has 210 valence electrons. The maximum absolute atomic E-state index is 14.0. The molecule has 4 aromatic rings. The van der Waals surface area contributed by atoms with E-state index in [2.05, 4.69) is 43.5 Å². The highest BCUT2D eigenvalue weighted by Crippen LogP contribution is 2.33. The second-order valence-electron chi connectivity index (χ2n) is 9.04. The van der Waals surface area contributed by atoms with Gasteiger partial charge in [-0.1, -0.05) is 69.2 Å². The van der Waals surface area contributed by atoms with E-state index in [1.165, 1.54) is 28.0 Å². The number of fused-ring (bicyclic) bond motifs is 1. The van der Waals surface area contributed by atoms with Crippen LogP contribution in [0.1, 0.15) is 36.6 Å². The minimum Gasteiger partial charge on any atom is -0.487 e. The van der Waals surface area contributed by atoms with Gasteiger partial charge < -0.3 is 9.47 Å². The Hall–Kier alpha value is -2.80. The van der Waals surface area contributed by atoms with E-state index in [0.29, 0.717) is 36.9 Å². The molecule has 11 heteroatoms. The number of ether oxygens (including phenoxy) is 2. The summed E-state index contributed by atoms with van der Waals surface area (Å²) in [6.07, 6.45) is 1.75. The molecule has 0 spiro atoms. The van der Waals surface area contributed by atoms with Crippen LogP contribution in [0.25, 0.3) is 6.08 Å². The number of esters is 1. The molecule has 0 fully saturated rings. The van der Waals surface area contributed by atoms with Gasteiger partial charge >= 0.3 is 5.97 Å². The van der Waals surface area contributed by atoms with Crippen molar-refractivity contribution in [2.75, 3.05) is 6.61 Å². The highest BCUT2D eigenvalue weighted by molar-refractivity contribution is 14.1. The predicted octanol–water partition coefficient (Wildman–Crippen LogP) is 6.54. The smallest absolute Gasteiger partial charge is 0.338 e. The Labute approximate surface area is 266 Å². The van der Waals surface area contributed by atoms with Crippen molar-refractivity contribution in [3.8, 4) is 5.75 Å². The highest BCUT2D eigenvalue weighted by Gasteiger charge is 2.33. The van der Waals surface area contributed by atoms with Gasteiger partial charge in [-0.05, 0) is 78.4 Å². The first kappa shape index (κ1) is 29.7. The van der Waals surface area contributed by atoms with Crippen LogP contribution < -0.4 is 19.6 Å². The van der Waals surface area contributed by atoms with Crippen LogP contribution in [0, 0.1) is 9.39 Å². The fraction of sp³-hybridized carbons (Fsp3) is 0.167. The van der Waals surface area contributed by atoms with E-state index >= 15 is 0 Å². The van der Waals surface area contributed by atoms with Crippen molar-refractivity contribution in [1.82, 2.24) is 4.57 Å². The van der Waals surface area contributed by atoms with Gasteiger partial charge in [0.05, 0.1) is 32.0 Å². The number of hydrogen-bond acceptors (Lipinski definition) is 6. The van der Waals surface area contributed by atoms with Crippen LogP contribution in [-0.4, -0.2) is 17.1 Å². The molecule has 0 saturated carbocycles. The van der Waals surface area contributed by atoms with E-state index < -0.39 is 17.8 Å². The van der Waals surface area contributed by atoms with Gasteiger partial charge in [-0.3, -0.25) is 9.36 Å². The number of carbonyl (C=O) groups is 1. The SMILES string of the molecule is CCOC(=O)C1=C(C)N=c2s/c(=C\c3cc(Br)cc(I)c3OCc3ccccc3Cl)c(=O)n2[C@H]1c1ccc(F)cc1. The molecule has 3 aromatic carbocycles. The molecule has 0 radical (unpaired) electrons. The summed E-state index contributed by atoms with van der Waals surface area (Å²) < 4.78 is 28.9. The van der Waals surface area contributed by atoms with Gasteiger partial charge in [-0.2, -0.15) is 0 Å². The lowest BCUT2D eigenvalue weighted by atomic mass is 9.96. The van der Waals surface area contributed by atoms with E-state index in [-0.39, 0.29) is 24.3 Å². The van der Waals surface area contributed by atoms with Crippen molar-refractivity contribution in [2.24, 2.45) is 4.99 Å². The third-order valence-corrected chi connectivity index (χ3v) is 8.97. The molecule has 1 aromatic heterocycles. The predicted molar refractivity (Wildman–Crippen MR) is 169 cm³/mol. The number of benzene rings is 3. The number of hydrogen-bond donors (Lipinski definition) is 0. The maximum Gasteiger partial charge on any atom is 0.338 e. The Morgan fingerprint density at radius 1 is 1.22 bits per heavy atom. The monoisotopic (exact) mass is 766 g/mol. The van der Waals surface area contributed by atoms with Crippen molar-refractivity contribution in [2.45, 2.75) is 26.5 Å². The normalized spacial score (nSPS) is 15.0. The Bertz CT molecular complexity index is 1870. The van der Waals surface area contributed by atoms with Crippen LogP contribution >= 0.6 is 61.5 Å². The van der Waals surface area contributed by atoms with E-state index in [1.54, 1.807) is 38.1 Å². The van der Waals surface area contributed by atoms with Crippen LogP contribution in [0.5, 0.6) is 5.75 Å². The van der Waals surface area contributed by atoms with Crippen molar-refractivity contribution in [1.29, 1.82) is 0 Å². The molecular formula is C30H22BrClFIN2O4S. The Kier molecular flexibility index (Phi) is 9.12. The number of aromatic nitrogens is 1. The zero-order chi connectivity index (χ0) is 29.3. The lowest BCUT2D eigenvalue weighted by Crippen LogP contribution is -2.39. The number of halogens is 4. The minimum absolute atomic E-state index is 0.161. The summed E-state index contributed by atoms with van der Waals surface area (Å²) in [6.45, 7) is 3.82. The Balaban J connectivity index is 1.65. The number of rotatable bonds is 7. The van der Waals surface area contributed by atoms with Crippen molar-refractivity contribution < 1.29 is 18.7 Å². The summed E-state index contributed by atoms with van der Waals surface area (Å²) in [6, 6.07) is 16.1. The first-order chi connectivity index (χ1) is 19.7. The third-order valence-electron chi connectivity index (χ3n) is 6.36. The van der Waals surface area contributed by atoms with Crippen molar-refractivity contribution in [3.05, 3.63) is 127 Å². The van der Waals surface area contributed by atoms with Crippen LogP contribution in [0.4, 0.5) is 4.39 Å². The average molecular weight is 768 g/mol.